The lowest BCUT2D eigenvalue weighted by Crippen LogP contribution is -2.06. The normalized spacial score (nSPS) is 10.7. The molecule has 2 aromatic carbocycles. The third-order valence-electron chi connectivity index (χ3n) is 4.54. The van der Waals surface area contributed by atoms with E-state index < -0.39 is 0 Å². The second kappa shape index (κ2) is 8.10. The summed E-state index contributed by atoms with van der Waals surface area (Å²) < 4.78 is 20.9. The number of benzene rings is 2. The van der Waals surface area contributed by atoms with E-state index >= 15 is 0 Å². The van der Waals surface area contributed by atoms with Gasteiger partial charge in [-0.3, -0.25) is 0 Å². The van der Waals surface area contributed by atoms with Crippen LogP contribution < -0.4 is 10.1 Å². The van der Waals surface area contributed by atoms with Gasteiger partial charge in [0.05, 0.1) is 7.11 Å². The molecule has 7 heteroatoms. The first kappa shape index (κ1) is 18.6. The van der Waals surface area contributed by atoms with Crippen LogP contribution in [0.15, 0.2) is 67.1 Å². The Morgan fingerprint density at radius 3 is 2.72 bits per heavy atom. The Morgan fingerprint density at radius 1 is 1.10 bits per heavy atom. The average molecular weight is 389 g/mol. The number of ether oxygens (including phenoxy) is 1. The lowest BCUT2D eigenvalue weighted by atomic mass is 10.1. The van der Waals surface area contributed by atoms with E-state index in [4.69, 9.17) is 4.74 Å². The van der Waals surface area contributed by atoms with Crippen molar-refractivity contribution in [3.63, 3.8) is 0 Å². The number of nitrogens with zero attached hydrogens (tertiary/aromatic N) is 4. The smallest absolute Gasteiger partial charge is 0.223 e. The number of methoxy groups -OCH3 is 1. The van der Waals surface area contributed by atoms with Gasteiger partial charge in [0, 0.05) is 37.7 Å². The summed E-state index contributed by atoms with van der Waals surface area (Å²) in [4.78, 5) is 13.5. The number of anilines is 1. The second-order valence-corrected chi connectivity index (χ2v) is 6.53. The van der Waals surface area contributed by atoms with Crippen molar-refractivity contribution in [2.75, 3.05) is 12.4 Å². The maximum Gasteiger partial charge on any atom is 0.223 e. The molecule has 29 heavy (non-hydrogen) atoms. The molecule has 2 heterocycles. The van der Waals surface area contributed by atoms with Crippen LogP contribution in [-0.2, 0) is 13.6 Å². The zero-order chi connectivity index (χ0) is 20.2. The van der Waals surface area contributed by atoms with Crippen molar-refractivity contribution in [3.05, 3.63) is 78.5 Å². The second-order valence-electron chi connectivity index (χ2n) is 6.53. The minimum absolute atomic E-state index is 0.312. The number of nitrogens with one attached hydrogen (secondary N) is 1. The maximum absolute atomic E-state index is 13.8. The highest BCUT2D eigenvalue weighted by atomic mass is 19.1. The largest absolute Gasteiger partial charge is 0.497 e. The van der Waals surface area contributed by atoms with Gasteiger partial charge in [-0.15, -0.1) is 0 Å². The van der Waals surface area contributed by atoms with Gasteiger partial charge < -0.3 is 14.6 Å². The highest BCUT2D eigenvalue weighted by molar-refractivity contribution is 5.78. The molecule has 0 fully saturated rings. The number of aromatic nitrogens is 4. The Labute approximate surface area is 168 Å². The maximum atomic E-state index is 13.8. The molecule has 0 atom stereocenters. The summed E-state index contributed by atoms with van der Waals surface area (Å²) in [6, 6.07) is 14.2. The predicted molar refractivity (Wildman–Crippen MR) is 110 cm³/mol. The first-order valence-electron chi connectivity index (χ1n) is 9.11. The molecule has 0 aliphatic heterocycles. The summed E-state index contributed by atoms with van der Waals surface area (Å²) in [6.07, 6.45) is 5.24. The standard InChI is InChI=1S/C22H20FN5O/c1-28-10-9-24-21(28)20-19(16-6-4-7-17(23)12-16)14-26-22(27-20)25-13-15-5-3-8-18(11-15)29-2/h3-12,14H,13H2,1-2H3,(H,25,26,27). The molecule has 0 saturated carbocycles. The van der Waals surface area contributed by atoms with E-state index in [2.05, 4.69) is 20.3 Å². The van der Waals surface area contributed by atoms with Crippen LogP contribution in [0.3, 0.4) is 0 Å². The Bertz CT molecular complexity index is 1140. The summed E-state index contributed by atoms with van der Waals surface area (Å²) in [5, 5.41) is 3.24. The Morgan fingerprint density at radius 2 is 1.97 bits per heavy atom. The molecule has 6 nitrogen and oxygen atoms in total. The van der Waals surface area contributed by atoms with E-state index in [-0.39, 0.29) is 5.82 Å². The minimum atomic E-state index is -0.312. The van der Waals surface area contributed by atoms with Crippen LogP contribution in [0.1, 0.15) is 5.56 Å². The van der Waals surface area contributed by atoms with Gasteiger partial charge in [-0.2, -0.15) is 0 Å². The van der Waals surface area contributed by atoms with Gasteiger partial charge >= 0.3 is 0 Å². The molecule has 1 N–H and O–H groups in total. The van der Waals surface area contributed by atoms with Crippen molar-refractivity contribution < 1.29 is 9.13 Å². The van der Waals surface area contributed by atoms with Crippen molar-refractivity contribution >= 4 is 5.95 Å². The zero-order valence-corrected chi connectivity index (χ0v) is 16.1. The molecule has 0 unspecified atom stereocenters. The van der Waals surface area contributed by atoms with Gasteiger partial charge in [0.25, 0.3) is 0 Å². The van der Waals surface area contributed by atoms with E-state index in [1.54, 1.807) is 25.6 Å². The molecule has 0 radical (unpaired) electrons. The summed E-state index contributed by atoms with van der Waals surface area (Å²) in [6.45, 7) is 0.538. The number of aryl methyl sites for hydroxylation is 1. The molecule has 0 saturated heterocycles. The number of hydrogen-bond acceptors (Lipinski definition) is 5. The number of rotatable bonds is 6. The molecule has 2 aromatic heterocycles. The number of halogens is 1. The quantitative estimate of drug-likeness (QED) is 0.533. The lowest BCUT2D eigenvalue weighted by Gasteiger charge is -2.12. The topological polar surface area (TPSA) is 64.9 Å². The van der Waals surface area contributed by atoms with Crippen LogP contribution in [-0.4, -0.2) is 26.6 Å². The van der Waals surface area contributed by atoms with Crippen LogP contribution >= 0.6 is 0 Å². The van der Waals surface area contributed by atoms with Crippen LogP contribution in [0, 0.1) is 5.82 Å². The number of hydrogen-bond donors (Lipinski definition) is 1. The van der Waals surface area contributed by atoms with Gasteiger partial charge in [0.2, 0.25) is 5.95 Å². The molecular weight excluding hydrogens is 369 g/mol. The van der Waals surface area contributed by atoms with Crippen molar-refractivity contribution in [2.45, 2.75) is 6.54 Å². The zero-order valence-electron chi connectivity index (χ0n) is 16.1. The highest BCUT2D eigenvalue weighted by Crippen LogP contribution is 2.30. The van der Waals surface area contributed by atoms with Gasteiger partial charge in [-0.05, 0) is 35.4 Å². The first-order chi connectivity index (χ1) is 14.1. The molecule has 0 amide bonds. The fourth-order valence-electron chi connectivity index (χ4n) is 3.06. The molecule has 0 spiro atoms. The van der Waals surface area contributed by atoms with Crippen LogP contribution in [0.2, 0.25) is 0 Å². The van der Waals surface area contributed by atoms with Crippen molar-refractivity contribution in [2.24, 2.45) is 7.05 Å². The molecule has 146 valence electrons. The Hall–Kier alpha value is -3.74. The van der Waals surface area contributed by atoms with Gasteiger partial charge in [-0.1, -0.05) is 24.3 Å². The third kappa shape index (κ3) is 4.08. The Kier molecular flexibility index (Phi) is 5.20. The van der Waals surface area contributed by atoms with E-state index in [1.165, 1.54) is 12.1 Å². The van der Waals surface area contributed by atoms with Crippen molar-refractivity contribution in [1.82, 2.24) is 19.5 Å². The molecule has 0 bridgehead atoms. The summed E-state index contributed by atoms with van der Waals surface area (Å²) in [7, 11) is 3.53. The van der Waals surface area contributed by atoms with Gasteiger partial charge in [0.15, 0.2) is 5.82 Å². The Balaban J connectivity index is 1.69. The average Bonchev–Trinajstić information content (AvgIpc) is 3.18. The van der Waals surface area contributed by atoms with Crippen molar-refractivity contribution in [3.8, 4) is 28.4 Å². The summed E-state index contributed by atoms with van der Waals surface area (Å²) in [5.74, 6) is 1.62. The third-order valence-corrected chi connectivity index (χ3v) is 4.54. The summed E-state index contributed by atoms with van der Waals surface area (Å²) in [5.41, 5.74) is 3.08. The van der Waals surface area contributed by atoms with E-state index in [0.29, 0.717) is 35.1 Å². The molecular formula is C22H20FN5O. The molecule has 0 aliphatic rings. The minimum Gasteiger partial charge on any atom is -0.497 e. The van der Waals surface area contributed by atoms with Gasteiger partial charge in [0.1, 0.15) is 17.3 Å². The van der Waals surface area contributed by atoms with Gasteiger partial charge in [-0.25, -0.2) is 19.3 Å². The molecule has 4 aromatic rings. The van der Waals surface area contributed by atoms with Crippen LogP contribution in [0.25, 0.3) is 22.6 Å². The highest BCUT2D eigenvalue weighted by Gasteiger charge is 2.15. The van der Waals surface area contributed by atoms with Crippen LogP contribution in [0.4, 0.5) is 10.3 Å². The lowest BCUT2D eigenvalue weighted by molar-refractivity contribution is 0.414. The van der Waals surface area contributed by atoms with Crippen molar-refractivity contribution in [1.29, 1.82) is 0 Å². The van der Waals surface area contributed by atoms with E-state index in [9.17, 15) is 4.39 Å². The molecule has 4 rings (SSSR count). The fourth-order valence-corrected chi connectivity index (χ4v) is 3.06. The SMILES string of the molecule is COc1cccc(CNc2ncc(-c3cccc(F)c3)c(-c3nccn3C)n2)c1. The fraction of sp³-hybridized carbons (Fsp3) is 0.136. The first-order valence-corrected chi connectivity index (χ1v) is 9.11. The van der Waals surface area contributed by atoms with Crippen LogP contribution in [0.5, 0.6) is 5.75 Å². The summed E-state index contributed by atoms with van der Waals surface area (Å²) >= 11 is 0. The number of imidazole rings is 1. The predicted octanol–water partition coefficient (Wildman–Crippen LogP) is 4.30. The van der Waals surface area contributed by atoms with E-state index in [1.807, 2.05) is 48.1 Å². The monoisotopic (exact) mass is 389 g/mol. The molecule has 0 aliphatic carbocycles. The van der Waals surface area contributed by atoms with E-state index in [0.717, 1.165) is 11.3 Å².